The molecule has 2 fully saturated rings. The Hall–Kier alpha value is -3.81. The molecule has 0 saturated heterocycles. The molecule has 41 heavy (non-hydrogen) atoms. The molecule has 2 aromatic rings. The predicted octanol–water partition coefficient (Wildman–Crippen LogP) is 5.86. The van der Waals surface area contributed by atoms with Crippen LogP contribution in [0.3, 0.4) is 0 Å². The van der Waals surface area contributed by atoms with E-state index >= 15 is 0 Å². The molecule has 2 aromatic carbocycles. The summed E-state index contributed by atoms with van der Waals surface area (Å²) in [6.45, 7) is 1.72. The van der Waals surface area contributed by atoms with E-state index in [-0.39, 0.29) is 30.6 Å². The molecule has 1 N–H and O–H groups in total. The second kappa shape index (κ2) is 12.4. The van der Waals surface area contributed by atoms with E-state index in [1.165, 1.54) is 24.6 Å². The number of anilines is 1. The van der Waals surface area contributed by atoms with Gasteiger partial charge in [0, 0.05) is 29.0 Å². The SMILES string of the molecule is COC(=O)c1cccc(NC(=O)CN2N=C(C3CCCCC3)c3ccccc3C(CC(=O)C3(C)CCCC3)C2=O)c1. The molecule has 1 heterocycles. The van der Waals surface area contributed by atoms with Gasteiger partial charge in [0.05, 0.1) is 24.3 Å². The van der Waals surface area contributed by atoms with Crippen molar-refractivity contribution in [3.05, 3.63) is 65.2 Å². The van der Waals surface area contributed by atoms with Crippen molar-refractivity contribution < 1.29 is 23.9 Å². The number of hydrazone groups is 1. The summed E-state index contributed by atoms with van der Waals surface area (Å²) in [4.78, 5) is 53.1. The number of methoxy groups -OCH3 is 1. The second-order valence-corrected chi connectivity index (χ2v) is 11.9. The summed E-state index contributed by atoms with van der Waals surface area (Å²) in [6, 6.07) is 14.3. The van der Waals surface area contributed by atoms with Crippen LogP contribution in [0.1, 0.15) is 98.5 Å². The highest BCUT2D eigenvalue weighted by molar-refractivity contribution is 6.08. The van der Waals surface area contributed by atoms with Crippen LogP contribution < -0.4 is 5.32 Å². The highest BCUT2D eigenvalue weighted by atomic mass is 16.5. The summed E-state index contributed by atoms with van der Waals surface area (Å²) in [5.74, 6) is -1.71. The standard InChI is InChI=1S/C33H39N3O5/c1-33(17-8-9-18-33)28(37)20-27-25-15-6-7-16-26(25)30(22-11-4-3-5-12-22)35-36(31(27)39)21-29(38)34-24-14-10-13-23(19-24)32(40)41-2/h6-7,10,13-16,19,22,27H,3-5,8-9,11-12,17-18,20-21H2,1-2H3,(H,34,38). The number of ketones is 1. The third-order valence-electron chi connectivity index (χ3n) is 9.02. The zero-order chi connectivity index (χ0) is 29.0. The fourth-order valence-electron chi connectivity index (χ4n) is 6.61. The minimum Gasteiger partial charge on any atom is -0.465 e. The maximum Gasteiger partial charge on any atom is 0.337 e. The summed E-state index contributed by atoms with van der Waals surface area (Å²) in [5.41, 5.74) is 2.88. The Kier molecular flexibility index (Phi) is 8.66. The van der Waals surface area contributed by atoms with E-state index in [1.54, 1.807) is 18.2 Å². The summed E-state index contributed by atoms with van der Waals surface area (Å²) < 4.78 is 4.78. The van der Waals surface area contributed by atoms with Crippen molar-refractivity contribution in [3.63, 3.8) is 0 Å². The Bertz CT molecular complexity index is 1350. The number of ether oxygens (including phenoxy) is 1. The van der Waals surface area contributed by atoms with Crippen LogP contribution in [-0.4, -0.2) is 47.9 Å². The molecule has 0 spiro atoms. The number of hydrogen-bond acceptors (Lipinski definition) is 6. The molecule has 2 amide bonds. The highest BCUT2D eigenvalue weighted by Crippen LogP contribution is 2.42. The topological polar surface area (TPSA) is 105 Å². The lowest BCUT2D eigenvalue weighted by Gasteiger charge is -2.26. The lowest BCUT2D eigenvalue weighted by Crippen LogP contribution is -2.38. The third kappa shape index (κ3) is 6.26. The fourth-order valence-corrected chi connectivity index (χ4v) is 6.61. The Morgan fingerprint density at radius 3 is 2.46 bits per heavy atom. The van der Waals surface area contributed by atoms with Crippen LogP contribution in [0.25, 0.3) is 0 Å². The molecule has 3 aliphatic rings. The number of carbonyl (C=O) groups is 4. The lowest BCUT2D eigenvalue weighted by atomic mass is 9.76. The average Bonchev–Trinajstić information content (AvgIpc) is 3.41. The summed E-state index contributed by atoms with van der Waals surface area (Å²) in [5, 5.41) is 8.96. The first-order valence-electron chi connectivity index (χ1n) is 14.8. The molecule has 8 nitrogen and oxygen atoms in total. The number of nitrogens with zero attached hydrogens (tertiary/aromatic N) is 2. The van der Waals surface area contributed by atoms with Gasteiger partial charge in [-0.3, -0.25) is 14.4 Å². The first-order chi connectivity index (χ1) is 19.8. The van der Waals surface area contributed by atoms with Crippen molar-refractivity contribution in [2.45, 2.75) is 77.0 Å². The molecule has 1 aliphatic heterocycles. The second-order valence-electron chi connectivity index (χ2n) is 11.9. The van der Waals surface area contributed by atoms with Gasteiger partial charge in [-0.1, -0.05) is 69.4 Å². The number of amides is 2. The van der Waals surface area contributed by atoms with E-state index in [2.05, 4.69) is 5.32 Å². The molecule has 0 aromatic heterocycles. The van der Waals surface area contributed by atoms with Gasteiger partial charge in [0.1, 0.15) is 12.3 Å². The first-order valence-corrected chi connectivity index (χ1v) is 14.8. The smallest absolute Gasteiger partial charge is 0.337 e. The van der Waals surface area contributed by atoms with E-state index in [0.717, 1.165) is 68.2 Å². The molecular formula is C33H39N3O5. The zero-order valence-corrected chi connectivity index (χ0v) is 24.0. The summed E-state index contributed by atoms with van der Waals surface area (Å²) in [7, 11) is 1.30. The van der Waals surface area contributed by atoms with Crippen molar-refractivity contribution in [2.24, 2.45) is 16.4 Å². The quantitative estimate of drug-likeness (QED) is 0.409. The Balaban J connectivity index is 1.46. The van der Waals surface area contributed by atoms with E-state index in [9.17, 15) is 19.2 Å². The van der Waals surface area contributed by atoms with Crippen LogP contribution >= 0.6 is 0 Å². The third-order valence-corrected chi connectivity index (χ3v) is 9.02. The molecule has 2 aliphatic carbocycles. The summed E-state index contributed by atoms with van der Waals surface area (Å²) >= 11 is 0. The van der Waals surface area contributed by atoms with Gasteiger partial charge in [-0.25, -0.2) is 9.80 Å². The zero-order valence-electron chi connectivity index (χ0n) is 24.0. The summed E-state index contributed by atoms with van der Waals surface area (Å²) in [6.07, 6.45) is 9.15. The van der Waals surface area contributed by atoms with Gasteiger partial charge in [0.15, 0.2) is 0 Å². The maximum absolute atomic E-state index is 14.2. The molecule has 0 radical (unpaired) electrons. The van der Waals surface area contributed by atoms with E-state index in [0.29, 0.717) is 11.3 Å². The van der Waals surface area contributed by atoms with E-state index in [4.69, 9.17) is 9.84 Å². The maximum atomic E-state index is 14.2. The first kappa shape index (κ1) is 28.7. The number of esters is 1. The number of fused-ring (bicyclic) bond motifs is 1. The van der Waals surface area contributed by atoms with Crippen LogP contribution in [-0.2, 0) is 19.1 Å². The predicted molar refractivity (Wildman–Crippen MR) is 157 cm³/mol. The molecule has 2 saturated carbocycles. The van der Waals surface area contributed by atoms with Gasteiger partial charge in [0.2, 0.25) is 5.91 Å². The molecule has 8 heteroatoms. The number of rotatable bonds is 8. The Morgan fingerprint density at radius 1 is 1.00 bits per heavy atom. The van der Waals surface area contributed by atoms with E-state index in [1.807, 2.05) is 31.2 Å². The minimum absolute atomic E-state index is 0.0963. The molecular weight excluding hydrogens is 518 g/mol. The van der Waals surface area contributed by atoms with E-state index < -0.39 is 23.2 Å². The monoisotopic (exact) mass is 557 g/mol. The van der Waals surface area contributed by atoms with Crippen molar-refractivity contribution in [3.8, 4) is 0 Å². The van der Waals surface area contributed by atoms with Crippen molar-refractivity contribution in [1.82, 2.24) is 5.01 Å². The van der Waals surface area contributed by atoms with Gasteiger partial charge in [-0.05, 0) is 49.4 Å². The number of carbonyl (C=O) groups excluding carboxylic acids is 4. The number of benzene rings is 2. The van der Waals surface area contributed by atoms with Gasteiger partial charge >= 0.3 is 5.97 Å². The number of Topliss-reactive ketones (excluding diaryl/α,β-unsaturated/α-hetero) is 1. The van der Waals surface area contributed by atoms with Crippen LogP contribution in [0.2, 0.25) is 0 Å². The molecule has 0 bridgehead atoms. The Morgan fingerprint density at radius 2 is 1.73 bits per heavy atom. The highest BCUT2D eigenvalue weighted by Gasteiger charge is 2.42. The lowest BCUT2D eigenvalue weighted by molar-refractivity contribution is -0.138. The van der Waals surface area contributed by atoms with Crippen LogP contribution in [0, 0.1) is 11.3 Å². The molecule has 216 valence electrons. The van der Waals surface area contributed by atoms with Gasteiger partial charge in [0.25, 0.3) is 5.91 Å². The average molecular weight is 558 g/mol. The molecule has 1 unspecified atom stereocenters. The van der Waals surface area contributed by atoms with Gasteiger partial charge in [-0.15, -0.1) is 0 Å². The normalized spacial score (nSPS) is 20.5. The van der Waals surface area contributed by atoms with Gasteiger partial charge < -0.3 is 10.1 Å². The van der Waals surface area contributed by atoms with Crippen LogP contribution in [0.5, 0.6) is 0 Å². The van der Waals surface area contributed by atoms with Crippen molar-refractivity contribution in [2.75, 3.05) is 19.0 Å². The van der Waals surface area contributed by atoms with Crippen molar-refractivity contribution >= 4 is 35.0 Å². The number of hydrogen-bond donors (Lipinski definition) is 1. The Labute approximate surface area is 241 Å². The minimum atomic E-state index is -0.712. The molecule has 5 rings (SSSR count). The van der Waals surface area contributed by atoms with Crippen molar-refractivity contribution in [1.29, 1.82) is 0 Å². The fraction of sp³-hybridized carbons (Fsp3) is 0.485. The number of nitrogens with one attached hydrogen (secondary N) is 1. The van der Waals surface area contributed by atoms with Gasteiger partial charge in [-0.2, -0.15) is 5.10 Å². The van der Waals surface area contributed by atoms with Crippen LogP contribution in [0.4, 0.5) is 5.69 Å². The molecule has 1 atom stereocenters. The largest absolute Gasteiger partial charge is 0.465 e. The van der Waals surface area contributed by atoms with Crippen LogP contribution in [0.15, 0.2) is 53.6 Å².